The lowest BCUT2D eigenvalue weighted by atomic mass is 9.78. The van der Waals surface area contributed by atoms with Crippen molar-refractivity contribution in [3.05, 3.63) is 0 Å². The SMILES string of the molecule is CC(C)C1(C)CC(=O)N(C2CCCC2N)C1=O. The van der Waals surface area contributed by atoms with Crippen LogP contribution in [0.15, 0.2) is 0 Å². The first kappa shape index (κ1) is 12.6. The van der Waals surface area contributed by atoms with Crippen LogP contribution < -0.4 is 5.73 Å². The smallest absolute Gasteiger partial charge is 0.236 e. The Morgan fingerprint density at radius 1 is 1.35 bits per heavy atom. The summed E-state index contributed by atoms with van der Waals surface area (Å²) in [5.74, 6) is 0.134. The van der Waals surface area contributed by atoms with Gasteiger partial charge in [-0.2, -0.15) is 0 Å². The lowest BCUT2D eigenvalue weighted by molar-refractivity contribution is -0.144. The van der Waals surface area contributed by atoms with Crippen LogP contribution in [0.4, 0.5) is 0 Å². The van der Waals surface area contributed by atoms with Gasteiger partial charge in [-0.3, -0.25) is 14.5 Å². The third-order valence-corrected chi connectivity index (χ3v) is 4.63. The van der Waals surface area contributed by atoms with Gasteiger partial charge in [0.2, 0.25) is 11.8 Å². The number of carbonyl (C=O) groups is 2. The number of hydrogen-bond donors (Lipinski definition) is 1. The molecule has 4 heteroatoms. The molecule has 2 amide bonds. The molecule has 2 rings (SSSR count). The normalized spacial score (nSPS) is 38.5. The quantitative estimate of drug-likeness (QED) is 0.737. The summed E-state index contributed by atoms with van der Waals surface area (Å²) < 4.78 is 0. The number of imide groups is 1. The molecule has 17 heavy (non-hydrogen) atoms. The van der Waals surface area contributed by atoms with E-state index in [-0.39, 0.29) is 29.8 Å². The van der Waals surface area contributed by atoms with Gasteiger partial charge in [-0.25, -0.2) is 0 Å². The van der Waals surface area contributed by atoms with E-state index in [1.165, 1.54) is 4.90 Å². The van der Waals surface area contributed by atoms with Crippen LogP contribution in [0, 0.1) is 11.3 Å². The molecule has 1 aliphatic heterocycles. The minimum Gasteiger partial charge on any atom is -0.326 e. The summed E-state index contributed by atoms with van der Waals surface area (Å²) in [5, 5.41) is 0. The molecule has 96 valence electrons. The highest BCUT2D eigenvalue weighted by atomic mass is 16.2. The Kier molecular flexibility index (Phi) is 3.02. The highest BCUT2D eigenvalue weighted by molar-refractivity contribution is 6.06. The molecule has 3 unspecified atom stereocenters. The molecule has 0 spiro atoms. The first-order chi connectivity index (χ1) is 7.88. The highest BCUT2D eigenvalue weighted by Gasteiger charge is 2.53. The number of nitrogens with two attached hydrogens (primary N) is 1. The van der Waals surface area contributed by atoms with Gasteiger partial charge >= 0.3 is 0 Å². The molecule has 2 aliphatic rings. The van der Waals surface area contributed by atoms with Crippen molar-refractivity contribution in [3.8, 4) is 0 Å². The maximum absolute atomic E-state index is 12.5. The van der Waals surface area contributed by atoms with E-state index in [4.69, 9.17) is 5.73 Å². The van der Waals surface area contributed by atoms with Crippen molar-refractivity contribution < 1.29 is 9.59 Å². The molecule has 1 saturated heterocycles. The fraction of sp³-hybridized carbons (Fsp3) is 0.846. The maximum atomic E-state index is 12.5. The predicted molar refractivity (Wildman–Crippen MR) is 65.0 cm³/mol. The van der Waals surface area contributed by atoms with Gasteiger partial charge in [-0.1, -0.05) is 13.8 Å². The summed E-state index contributed by atoms with van der Waals surface area (Å²) in [6.45, 7) is 5.91. The predicted octanol–water partition coefficient (Wildman–Crippen LogP) is 1.29. The van der Waals surface area contributed by atoms with Crippen LogP contribution >= 0.6 is 0 Å². The molecule has 2 N–H and O–H groups in total. The van der Waals surface area contributed by atoms with Gasteiger partial charge in [0.15, 0.2) is 0 Å². The molecule has 0 aromatic heterocycles. The third-order valence-electron chi connectivity index (χ3n) is 4.63. The largest absolute Gasteiger partial charge is 0.326 e. The minimum absolute atomic E-state index is 0.0140. The monoisotopic (exact) mass is 238 g/mol. The molecule has 0 bridgehead atoms. The minimum atomic E-state index is -0.528. The molecule has 0 aromatic rings. The summed E-state index contributed by atoms with van der Waals surface area (Å²) in [6.07, 6.45) is 3.14. The molecule has 3 atom stereocenters. The molecule has 1 saturated carbocycles. The number of likely N-dealkylation sites (tertiary alicyclic amines) is 1. The lowest BCUT2D eigenvalue weighted by Gasteiger charge is -2.30. The van der Waals surface area contributed by atoms with Gasteiger partial charge in [-0.15, -0.1) is 0 Å². The highest BCUT2D eigenvalue weighted by Crippen LogP contribution is 2.41. The van der Waals surface area contributed by atoms with E-state index in [9.17, 15) is 9.59 Å². The topological polar surface area (TPSA) is 63.4 Å². The van der Waals surface area contributed by atoms with Crippen LogP contribution in [0.2, 0.25) is 0 Å². The van der Waals surface area contributed by atoms with Crippen molar-refractivity contribution in [1.29, 1.82) is 0 Å². The zero-order valence-electron chi connectivity index (χ0n) is 10.9. The Balaban J connectivity index is 2.25. The zero-order chi connectivity index (χ0) is 12.8. The fourth-order valence-corrected chi connectivity index (χ4v) is 2.94. The fourth-order valence-electron chi connectivity index (χ4n) is 2.94. The van der Waals surface area contributed by atoms with Crippen molar-refractivity contribution in [2.75, 3.05) is 0 Å². The number of hydrogen-bond acceptors (Lipinski definition) is 3. The van der Waals surface area contributed by atoms with Crippen molar-refractivity contribution in [2.45, 2.75) is 58.5 Å². The molecule has 1 aliphatic carbocycles. The van der Waals surface area contributed by atoms with E-state index in [1.54, 1.807) is 0 Å². The van der Waals surface area contributed by atoms with E-state index in [0.29, 0.717) is 6.42 Å². The van der Waals surface area contributed by atoms with Gasteiger partial charge in [0.25, 0.3) is 0 Å². The summed E-state index contributed by atoms with van der Waals surface area (Å²) in [6, 6.07) is -0.0898. The molecule has 0 radical (unpaired) electrons. The second-order valence-electron chi connectivity index (χ2n) is 5.98. The standard InChI is InChI=1S/C13H22N2O2/c1-8(2)13(3)7-11(16)15(12(13)17)10-6-4-5-9(10)14/h8-10H,4-7,14H2,1-3H3. The van der Waals surface area contributed by atoms with Gasteiger partial charge in [0, 0.05) is 12.5 Å². The van der Waals surface area contributed by atoms with Crippen LogP contribution in [-0.2, 0) is 9.59 Å². The maximum Gasteiger partial charge on any atom is 0.236 e. The van der Waals surface area contributed by atoms with Crippen LogP contribution in [-0.4, -0.2) is 28.8 Å². The van der Waals surface area contributed by atoms with E-state index in [0.717, 1.165) is 19.3 Å². The second kappa shape index (κ2) is 4.09. The molecule has 4 nitrogen and oxygen atoms in total. The van der Waals surface area contributed by atoms with E-state index >= 15 is 0 Å². The number of carbonyl (C=O) groups excluding carboxylic acids is 2. The van der Waals surface area contributed by atoms with Crippen molar-refractivity contribution in [3.63, 3.8) is 0 Å². The van der Waals surface area contributed by atoms with Crippen LogP contribution in [0.25, 0.3) is 0 Å². The average molecular weight is 238 g/mol. The average Bonchev–Trinajstić information content (AvgIpc) is 2.72. The summed E-state index contributed by atoms with van der Waals surface area (Å²) in [4.78, 5) is 26.0. The first-order valence-electron chi connectivity index (χ1n) is 6.50. The van der Waals surface area contributed by atoms with Gasteiger partial charge in [-0.05, 0) is 32.1 Å². The zero-order valence-corrected chi connectivity index (χ0v) is 10.9. The molecular formula is C13H22N2O2. The third kappa shape index (κ3) is 1.79. The summed E-state index contributed by atoms with van der Waals surface area (Å²) >= 11 is 0. The Bertz CT molecular complexity index is 353. The number of rotatable bonds is 2. The second-order valence-corrected chi connectivity index (χ2v) is 5.98. The van der Waals surface area contributed by atoms with Gasteiger partial charge in [0.1, 0.15) is 0 Å². The van der Waals surface area contributed by atoms with Crippen LogP contribution in [0.3, 0.4) is 0 Å². The van der Waals surface area contributed by atoms with Gasteiger partial charge in [0.05, 0.1) is 11.5 Å². The number of amides is 2. The van der Waals surface area contributed by atoms with Crippen LogP contribution in [0.1, 0.15) is 46.5 Å². The van der Waals surface area contributed by atoms with E-state index < -0.39 is 5.41 Å². The first-order valence-corrected chi connectivity index (χ1v) is 6.50. The molecule has 1 heterocycles. The Morgan fingerprint density at radius 3 is 2.41 bits per heavy atom. The number of nitrogens with zero attached hydrogens (tertiary/aromatic N) is 1. The molecule has 2 fully saturated rings. The summed E-state index contributed by atoms with van der Waals surface area (Å²) in [7, 11) is 0. The Morgan fingerprint density at radius 2 is 2.00 bits per heavy atom. The Hall–Kier alpha value is -0.900. The lowest BCUT2D eigenvalue weighted by Crippen LogP contribution is -2.49. The summed E-state index contributed by atoms with van der Waals surface area (Å²) in [5.41, 5.74) is 5.47. The van der Waals surface area contributed by atoms with Crippen molar-refractivity contribution in [2.24, 2.45) is 17.1 Å². The Labute approximate surface area is 103 Å². The molecular weight excluding hydrogens is 216 g/mol. The van der Waals surface area contributed by atoms with Crippen molar-refractivity contribution >= 4 is 11.8 Å². The van der Waals surface area contributed by atoms with Crippen molar-refractivity contribution in [1.82, 2.24) is 4.90 Å². The van der Waals surface area contributed by atoms with E-state index in [2.05, 4.69) is 0 Å². The van der Waals surface area contributed by atoms with Crippen LogP contribution in [0.5, 0.6) is 0 Å². The van der Waals surface area contributed by atoms with E-state index in [1.807, 2.05) is 20.8 Å². The van der Waals surface area contributed by atoms with Gasteiger partial charge < -0.3 is 5.73 Å². The molecule has 0 aromatic carbocycles.